The molecule has 0 atom stereocenters. The lowest BCUT2D eigenvalue weighted by Crippen LogP contribution is -2.29. The number of hydrogen-bond acceptors (Lipinski definition) is 3. The molecule has 2 amide bonds. The number of carbonyl (C=O) groups excluding carboxylic acids is 3. The Labute approximate surface area is 105 Å². The molecule has 1 fully saturated rings. The minimum atomic E-state index is -0.161. The molecule has 1 heterocycles. The molecule has 0 unspecified atom stereocenters. The highest BCUT2D eigenvalue weighted by Crippen LogP contribution is 2.10. The van der Waals surface area contributed by atoms with Crippen LogP contribution in [0.1, 0.15) is 28.8 Å². The lowest BCUT2D eigenvalue weighted by Gasteiger charge is -2.07. The van der Waals surface area contributed by atoms with Gasteiger partial charge in [0.1, 0.15) is 6.29 Å². The van der Waals surface area contributed by atoms with E-state index in [-0.39, 0.29) is 31.2 Å². The van der Waals surface area contributed by atoms with E-state index in [2.05, 4.69) is 11.8 Å². The molecule has 0 radical (unpaired) electrons. The van der Waals surface area contributed by atoms with E-state index in [9.17, 15) is 14.4 Å². The van der Waals surface area contributed by atoms with Gasteiger partial charge < -0.3 is 0 Å². The summed E-state index contributed by atoms with van der Waals surface area (Å²) in [5.41, 5.74) is 1.34. The lowest BCUT2D eigenvalue weighted by molar-refractivity contribution is -0.137. The Morgan fingerprint density at radius 3 is 2.28 bits per heavy atom. The summed E-state index contributed by atoms with van der Waals surface area (Å²) in [6.07, 6.45) is 1.34. The molecule has 0 saturated carbocycles. The van der Waals surface area contributed by atoms with Crippen molar-refractivity contribution in [2.75, 3.05) is 6.54 Å². The summed E-state index contributed by atoms with van der Waals surface area (Å²) in [5, 5.41) is 0. The fourth-order valence-corrected chi connectivity index (χ4v) is 1.66. The largest absolute Gasteiger partial charge is 0.298 e. The van der Waals surface area contributed by atoms with Crippen LogP contribution in [0.2, 0.25) is 0 Å². The van der Waals surface area contributed by atoms with Crippen LogP contribution in [-0.4, -0.2) is 29.5 Å². The van der Waals surface area contributed by atoms with E-state index in [4.69, 9.17) is 0 Å². The van der Waals surface area contributed by atoms with Gasteiger partial charge in [-0.25, -0.2) is 0 Å². The minimum absolute atomic E-state index is 0.132. The predicted molar refractivity (Wildman–Crippen MR) is 64.7 cm³/mol. The van der Waals surface area contributed by atoms with E-state index in [1.807, 2.05) is 0 Å². The molecule has 1 aromatic carbocycles. The second-order valence-corrected chi connectivity index (χ2v) is 3.92. The Hall–Kier alpha value is -2.41. The van der Waals surface area contributed by atoms with Crippen LogP contribution in [0, 0.1) is 11.8 Å². The molecule has 4 nitrogen and oxygen atoms in total. The van der Waals surface area contributed by atoms with Crippen LogP contribution in [0.3, 0.4) is 0 Å². The van der Waals surface area contributed by atoms with Gasteiger partial charge in [0.15, 0.2) is 0 Å². The van der Waals surface area contributed by atoms with Crippen LogP contribution in [-0.2, 0) is 9.59 Å². The number of carbonyl (C=O) groups is 3. The fourth-order valence-electron chi connectivity index (χ4n) is 1.66. The van der Waals surface area contributed by atoms with Gasteiger partial charge in [-0.3, -0.25) is 19.3 Å². The van der Waals surface area contributed by atoms with Crippen molar-refractivity contribution in [2.24, 2.45) is 0 Å². The molecular formula is C14H11NO3. The third kappa shape index (κ3) is 2.64. The predicted octanol–water partition coefficient (Wildman–Crippen LogP) is 1.000. The van der Waals surface area contributed by atoms with Gasteiger partial charge >= 0.3 is 0 Å². The monoisotopic (exact) mass is 241 g/mol. The summed E-state index contributed by atoms with van der Waals surface area (Å²) >= 11 is 0. The summed E-state index contributed by atoms with van der Waals surface area (Å²) in [5.74, 6) is 5.32. The summed E-state index contributed by atoms with van der Waals surface area (Å²) in [7, 11) is 0. The van der Waals surface area contributed by atoms with Crippen molar-refractivity contribution < 1.29 is 14.4 Å². The molecule has 1 aliphatic rings. The molecule has 1 aliphatic heterocycles. The molecule has 90 valence electrons. The first-order chi connectivity index (χ1) is 8.70. The number of aldehydes is 1. The maximum absolute atomic E-state index is 11.3. The van der Waals surface area contributed by atoms with Gasteiger partial charge in [-0.15, -0.1) is 0 Å². The SMILES string of the molecule is O=Cc1ccc(C#CCN2C(=O)CCC2=O)cc1. The molecule has 18 heavy (non-hydrogen) atoms. The lowest BCUT2D eigenvalue weighted by atomic mass is 10.1. The molecule has 0 aliphatic carbocycles. The number of nitrogens with zero attached hydrogens (tertiary/aromatic N) is 1. The Kier molecular flexibility index (Phi) is 3.54. The zero-order valence-electron chi connectivity index (χ0n) is 9.68. The van der Waals surface area contributed by atoms with E-state index in [1.165, 1.54) is 4.90 Å². The van der Waals surface area contributed by atoms with Crippen molar-refractivity contribution in [3.05, 3.63) is 35.4 Å². The zero-order valence-corrected chi connectivity index (χ0v) is 9.68. The summed E-state index contributed by atoms with van der Waals surface area (Å²) in [6.45, 7) is 0.132. The average Bonchev–Trinajstić information content (AvgIpc) is 2.71. The number of hydrogen-bond donors (Lipinski definition) is 0. The van der Waals surface area contributed by atoms with E-state index in [0.717, 1.165) is 11.8 Å². The first kappa shape index (κ1) is 12.1. The van der Waals surface area contributed by atoms with Gasteiger partial charge in [0.2, 0.25) is 11.8 Å². The third-order valence-corrected chi connectivity index (χ3v) is 2.67. The van der Waals surface area contributed by atoms with E-state index >= 15 is 0 Å². The van der Waals surface area contributed by atoms with Crippen LogP contribution in [0.25, 0.3) is 0 Å². The van der Waals surface area contributed by atoms with Crippen molar-refractivity contribution in [1.82, 2.24) is 4.90 Å². The van der Waals surface area contributed by atoms with Crippen LogP contribution in [0.5, 0.6) is 0 Å². The second kappa shape index (κ2) is 5.28. The topological polar surface area (TPSA) is 54.5 Å². The van der Waals surface area contributed by atoms with Crippen molar-refractivity contribution in [3.63, 3.8) is 0 Å². The van der Waals surface area contributed by atoms with Crippen LogP contribution < -0.4 is 0 Å². The minimum Gasteiger partial charge on any atom is -0.298 e. The highest BCUT2D eigenvalue weighted by Gasteiger charge is 2.27. The summed E-state index contributed by atoms with van der Waals surface area (Å²) < 4.78 is 0. The van der Waals surface area contributed by atoms with Crippen LogP contribution >= 0.6 is 0 Å². The summed E-state index contributed by atoms with van der Waals surface area (Å²) in [4.78, 5) is 34.3. The summed E-state index contributed by atoms with van der Waals surface area (Å²) in [6, 6.07) is 6.79. The smallest absolute Gasteiger partial charge is 0.230 e. The molecule has 0 N–H and O–H groups in total. The highest BCUT2D eigenvalue weighted by atomic mass is 16.2. The van der Waals surface area contributed by atoms with E-state index < -0.39 is 0 Å². The van der Waals surface area contributed by atoms with Crippen LogP contribution in [0.15, 0.2) is 24.3 Å². The molecular weight excluding hydrogens is 230 g/mol. The van der Waals surface area contributed by atoms with E-state index in [1.54, 1.807) is 24.3 Å². The third-order valence-electron chi connectivity index (χ3n) is 2.67. The van der Waals surface area contributed by atoms with Gasteiger partial charge in [-0.1, -0.05) is 24.0 Å². The number of likely N-dealkylation sites (tertiary alicyclic amines) is 1. The van der Waals surface area contributed by atoms with E-state index in [0.29, 0.717) is 5.56 Å². The van der Waals surface area contributed by atoms with Crippen molar-refractivity contribution >= 4 is 18.1 Å². The van der Waals surface area contributed by atoms with Crippen molar-refractivity contribution in [1.29, 1.82) is 0 Å². The first-order valence-electron chi connectivity index (χ1n) is 5.58. The first-order valence-corrected chi connectivity index (χ1v) is 5.58. The zero-order chi connectivity index (χ0) is 13.0. The van der Waals surface area contributed by atoms with Gasteiger partial charge in [0.05, 0.1) is 6.54 Å². The Bertz CT molecular complexity index is 533. The number of rotatable bonds is 2. The Morgan fingerprint density at radius 1 is 1.11 bits per heavy atom. The second-order valence-electron chi connectivity index (χ2n) is 3.92. The molecule has 0 spiro atoms. The number of benzene rings is 1. The molecule has 1 aromatic rings. The fraction of sp³-hybridized carbons (Fsp3) is 0.214. The molecule has 4 heteroatoms. The maximum Gasteiger partial charge on any atom is 0.230 e. The number of imide groups is 1. The molecule has 2 rings (SSSR count). The van der Waals surface area contributed by atoms with Crippen molar-refractivity contribution in [3.8, 4) is 11.8 Å². The highest BCUT2D eigenvalue weighted by molar-refractivity contribution is 6.02. The molecule has 0 bridgehead atoms. The molecule has 0 aromatic heterocycles. The average molecular weight is 241 g/mol. The standard InChI is InChI=1S/C14H11NO3/c16-10-12-5-3-11(4-6-12)2-1-9-15-13(17)7-8-14(15)18/h3-6,10H,7-9H2. The molecule has 1 saturated heterocycles. The Balaban J connectivity index is 2.01. The van der Waals surface area contributed by atoms with Crippen molar-refractivity contribution in [2.45, 2.75) is 12.8 Å². The van der Waals surface area contributed by atoms with Gasteiger partial charge in [0, 0.05) is 24.0 Å². The van der Waals surface area contributed by atoms with Gasteiger partial charge in [0.25, 0.3) is 0 Å². The Morgan fingerprint density at radius 2 is 1.72 bits per heavy atom. The van der Waals surface area contributed by atoms with Gasteiger partial charge in [-0.2, -0.15) is 0 Å². The number of amides is 2. The maximum atomic E-state index is 11.3. The quantitative estimate of drug-likeness (QED) is 0.441. The normalized spacial score (nSPS) is 14.3. The van der Waals surface area contributed by atoms with Gasteiger partial charge in [-0.05, 0) is 12.1 Å². The van der Waals surface area contributed by atoms with Crippen LogP contribution in [0.4, 0.5) is 0 Å².